The molecule has 0 saturated carbocycles. The second-order valence-corrected chi connectivity index (χ2v) is 6.19. The molecule has 2 atom stereocenters. The Morgan fingerprint density at radius 3 is 2.44 bits per heavy atom. The van der Waals surface area contributed by atoms with Crippen molar-refractivity contribution in [3.63, 3.8) is 0 Å². The zero-order chi connectivity index (χ0) is 12.5. The number of hydrogen-bond donors (Lipinski definition) is 2. The molecular weight excluding hydrogens is 220 g/mol. The molecule has 0 radical (unpaired) electrons. The molecule has 2 saturated heterocycles. The van der Waals surface area contributed by atoms with E-state index in [0.717, 1.165) is 12.1 Å². The number of anilines is 1. The third-order valence-electron chi connectivity index (χ3n) is 4.42. The first-order valence-corrected chi connectivity index (χ1v) is 7.34. The summed E-state index contributed by atoms with van der Waals surface area (Å²) in [5, 5.41) is 7.50. The minimum atomic E-state index is 0.590. The van der Waals surface area contributed by atoms with E-state index in [1.165, 1.54) is 36.9 Å². The Balaban J connectivity index is 1.73. The van der Waals surface area contributed by atoms with E-state index in [2.05, 4.69) is 48.7 Å². The summed E-state index contributed by atoms with van der Waals surface area (Å²) < 4.78 is 0. The maximum absolute atomic E-state index is 3.79. The topological polar surface area (TPSA) is 24.1 Å². The number of para-hydroxylation sites is 1. The van der Waals surface area contributed by atoms with E-state index in [9.17, 15) is 0 Å². The van der Waals surface area contributed by atoms with Crippen molar-refractivity contribution >= 4 is 5.69 Å². The molecule has 1 aromatic rings. The van der Waals surface area contributed by atoms with E-state index in [4.69, 9.17) is 0 Å². The smallest absolute Gasteiger partial charge is 0.0377 e. The molecule has 2 unspecified atom stereocenters. The average molecular weight is 244 g/mol. The van der Waals surface area contributed by atoms with Gasteiger partial charge in [-0.1, -0.05) is 32.0 Å². The second-order valence-electron chi connectivity index (χ2n) is 6.19. The zero-order valence-electron chi connectivity index (χ0n) is 11.4. The summed E-state index contributed by atoms with van der Waals surface area (Å²) in [7, 11) is 0. The summed E-state index contributed by atoms with van der Waals surface area (Å²) in [4.78, 5) is 0. The fraction of sp³-hybridized carbons (Fsp3) is 0.625. The molecule has 2 heteroatoms. The number of benzene rings is 1. The first kappa shape index (κ1) is 12.0. The van der Waals surface area contributed by atoms with Gasteiger partial charge in [-0.2, -0.15) is 0 Å². The fourth-order valence-corrected chi connectivity index (χ4v) is 3.53. The highest BCUT2D eigenvalue weighted by Crippen LogP contribution is 2.31. The first-order valence-electron chi connectivity index (χ1n) is 7.34. The molecule has 2 aliphatic rings. The molecule has 0 spiro atoms. The molecule has 1 aromatic carbocycles. The molecular formula is C16H24N2. The molecule has 2 fully saturated rings. The standard InChI is InChI=1S/C16H24N2/c1-11(2)15-5-3-4-6-16(15)18-14-9-12-7-8-13(10-14)17-12/h3-6,11-14,17-18H,7-10H2,1-2H3. The van der Waals surface area contributed by atoms with Gasteiger partial charge in [0, 0.05) is 23.8 Å². The summed E-state index contributed by atoms with van der Waals surface area (Å²) >= 11 is 0. The van der Waals surface area contributed by atoms with E-state index < -0.39 is 0 Å². The van der Waals surface area contributed by atoms with E-state index in [0.29, 0.717) is 12.0 Å². The van der Waals surface area contributed by atoms with Crippen LogP contribution in [-0.2, 0) is 0 Å². The maximum Gasteiger partial charge on any atom is 0.0377 e. The average Bonchev–Trinajstić information content (AvgIpc) is 2.69. The Morgan fingerprint density at radius 1 is 1.11 bits per heavy atom. The van der Waals surface area contributed by atoms with E-state index in [-0.39, 0.29) is 0 Å². The Bertz CT molecular complexity index is 401. The van der Waals surface area contributed by atoms with Crippen LogP contribution in [0.5, 0.6) is 0 Å². The van der Waals surface area contributed by atoms with Crippen LogP contribution in [0.25, 0.3) is 0 Å². The quantitative estimate of drug-likeness (QED) is 0.850. The van der Waals surface area contributed by atoms with Crippen molar-refractivity contribution in [3.05, 3.63) is 29.8 Å². The third-order valence-corrected chi connectivity index (χ3v) is 4.42. The number of piperidine rings is 1. The van der Waals surface area contributed by atoms with Gasteiger partial charge >= 0.3 is 0 Å². The molecule has 0 amide bonds. The molecule has 2 nitrogen and oxygen atoms in total. The highest BCUT2D eigenvalue weighted by molar-refractivity contribution is 5.53. The van der Waals surface area contributed by atoms with Crippen molar-refractivity contribution in [2.45, 2.75) is 63.6 Å². The Labute approximate surface area is 110 Å². The lowest BCUT2D eigenvalue weighted by molar-refractivity contribution is 0.378. The van der Waals surface area contributed by atoms with Crippen LogP contribution in [-0.4, -0.2) is 18.1 Å². The number of fused-ring (bicyclic) bond motifs is 2. The zero-order valence-corrected chi connectivity index (χ0v) is 11.4. The first-order chi connectivity index (χ1) is 8.72. The van der Waals surface area contributed by atoms with Gasteiger partial charge in [-0.15, -0.1) is 0 Å². The summed E-state index contributed by atoms with van der Waals surface area (Å²) in [6.45, 7) is 4.54. The normalized spacial score (nSPS) is 30.7. The molecule has 2 aliphatic heterocycles. The van der Waals surface area contributed by atoms with Crippen LogP contribution in [0.3, 0.4) is 0 Å². The SMILES string of the molecule is CC(C)c1ccccc1NC1CC2CCC(C1)N2. The molecule has 2 bridgehead atoms. The summed E-state index contributed by atoms with van der Waals surface area (Å²) in [5.74, 6) is 0.590. The van der Waals surface area contributed by atoms with Crippen molar-refractivity contribution in [1.29, 1.82) is 0 Å². The van der Waals surface area contributed by atoms with Gasteiger partial charge in [0.2, 0.25) is 0 Å². The Kier molecular flexibility index (Phi) is 3.29. The van der Waals surface area contributed by atoms with E-state index >= 15 is 0 Å². The van der Waals surface area contributed by atoms with Gasteiger partial charge in [0.05, 0.1) is 0 Å². The summed E-state index contributed by atoms with van der Waals surface area (Å²) in [6.07, 6.45) is 5.30. The summed E-state index contributed by atoms with van der Waals surface area (Å²) in [5.41, 5.74) is 2.79. The lowest BCUT2D eigenvalue weighted by Gasteiger charge is -2.31. The predicted molar refractivity (Wildman–Crippen MR) is 77.1 cm³/mol. The van der Waals surface area contributed by atoms with Crippen LogP contribution < -0.4 is 10.6 Å². The van der Waals surface area contributed by atoms with Crippen LogP contribution >= 0.6 is 0 Å². The summed E-state index contributed by atoms with van der Waals surface area (Å²) in [6, 6.07) is 10.9. The molecule has 2 heterocycles. The third kappa shape index (κ3) is 2.39. The largest absolute Gasteiger partial charge is 0.382 e. The highest BCUT2D eigenvalue weighted by Gasteiger charge is 2.33. The molecule has 0 aromatic heterocycles. The van der Waals surface area contributed by atoms with Crippen molar-refractivity contribution < 1.29 is 0 Å². The molecule has 18 heavy (non-hydrogen) atoms. The van der Waals surface area contributed by atoms with Crippen LogP contribution in [0.1, 0.15) is 51.0 Å². The van der Waals surface area contributed by atoms with Crippen LogP contribution in [0.15, 0.2) is 24.3 Å². The van der Waals surface area contributed by atoms with Gasteiger partial charge in [0.25, 0.3) is 0 Å². The maximum atomic E-state index is 3.79. The van der Waals surface area contributed by atoms with Crippen molar-refractivity contribution in [1.82, 2.24) is 5.32 Å². The van der Waals surface area contributed by atoms with Gasteiger partial charge in [-0.25, -0.2) is 0 Å². The number of hydrogen-bond acceptors (Lipinski definition) is 2. The van der Waals surface area contributed by atoms with Gasteiger partial charge in [0.1, 0.15) is 0 Å². The minimum absolute atomic E-state index is 0.590. The molecule has 2 N–H and O–H groups in total. The monoisotopic (exact) mass is 244 g/mol. The van der Waals surface area contributed by atoms with Crippen LogP contribution in [0.4, 0.5) is 5.69 Å². The lowest BCUT2D eigenvalue weighted by Crippen LogP contribution is -2.43. The van der Waals surface area contributed by atoms with Crippen molar-refractivity contribution in [2.75, 3.05) is 5.32 Å². The second kappa shape index (κ2) is 4.93. The number of rotatable bonds is 3. The molecule has 3 rings (SSSR count). The van der Waals surface area contributed by atoms with Gasteiger partial charge in [-0.3, -0.25) is 0 Å². The van der Waals surface area contributed by atoms with Crippen molar-refractivity contribution in [2.24, 2.45) is 0 Å². The Hall–Kier alpha value is -1.02. The van der Waals surface area contributed by atoms with Gasteiger partial charge < -0.3 is 10.6 Å². The molecule has 0 aliphatic carbocycles. The van der Waals surface area contributed by atoms with Crippen LogP contribution in [0.2, 0.25) is 0 Å². The Morgan fingerprint density at radius 2 is 1.78 bits per heavy atom. The van der Waals surface area contributed by atoms with Gasteiger partial charge in [0.15, 0.2) is 0 Å². The molecule has 98 valence electrons. The fourth-order valence-electron chi connectivity index (χ4n) is 3.53. The van der Waals surface area contributed by atoms with E-state index in [1.807, 2.05) is 0 Å². The predicted octanol–water partition coefficient (Wildman–Crippen LogP) is 3.50. The van der Waals surface area contributed by atoms with E-state index in [1.54, 1.807) is 0 Å². The van der Waals surface area contributed by atoms with Crippen molar-refractivity contribution in [3.8, 4) is 0 Å². The van der Waals surface area contributed by atoms with Gasteiger partial charge in [-0.05, 0) is 43.2 Å². The lowest BCUT2D eigenvalue weighted by atomic mass is 9.97. The van der Waals surface area contributed by atoms with Crippen LogP contribution in [0, 0.1) is 0 Å². The highest BCUT2D eigenvalue weighted by atomic mass is 15.0. The minimum Gasteiger partial charge on any atom is -0.382 e. The number of nitrogens with one attached hydrogen (secondary N) is 2.